The highest BCUT2D eigenvalue weighted by molar-refractivity contribution is 6.43. The van der Waals surface area contributed by atoms with Gasteiger partial charge in [-0.15, -0.1) is 0 Å². The Morgan fingerprint density at radius 2 is 1.89 bits per heavy atom. The van der Waals surface area contributed by atoms with Crippen molar-refractivity contribution in [1.29, 1.82) is 0 Å². The molecule has 2 heterocycles. The van der Waals surface area contributed by atoms with Crippen LogP contribution in [-0.2, 0) is 11.2 Å². The predicted octanol–water partition coefficient (Wildman–Crippen LogP) is 4.08. The van der Waals surface area contributed by atoms with Gasteiger partial charge in [0.25, 0.3) is 0 Å². The summed E-state index contributed by atoms with van der Waals surface area (Å²) in [7, 11) is 0. The summed E-state index contributed by atoms with van der Waals surface area (Å²) in [4.78, 5) is 16.2. The number of ether oxygens (including phenoxy) is 1. The Balaban J connectivity index is 1.20. The molecular formula is C21H23Cl2N3O2. The molecule has 4 rings (SSSR count). The molecule has 5 nitrogen and oxygen atoms in total. The minimum Gasteiger partial charge on any atom is -0.493 e. The number of nitrogens with zero attached hydrogens (tertiary/aromatic N) is 2. The predicted molar refractivity (Wildman–Crippen MR) is 114 cm³/mol. The van der Waals surface area contributed by atoms with Crippen molar-refractivity contribution in [2.75, 3.05) is 49.5 Å². The van der Waals surface area contributed by atoms with Crippen LogP contribution >= 0.6 is 23.2 Å². The summed E-state index contributed by atoms with van der Waals surface area (Å²) in [6.07, 6.45) is 1.42. The summed E-state index contributed by atoms with van der Waals surface area (Å²) in [5.74, 6) is 0.853. The van der Waals surface area contributed by atoms with E-state index in [1.807, 2.05) is 36.4 Å². The number of amides is 1. The Kier molecular flexibility index (Phi) is 5.95. The average molecular weight is 420 g/mol. The number of piperazine rings is 1. The molecule has 1 fully saturated rings. The molecule has 0 atom stereocenters. The van der Waals surface area contributed by atoms with Crippen LogP contribution in [0.1, 0.15) is 12.0 Å². The lowest BCUT2D eigenvalue weighted by atomic mass is 10.1. The van der Waals surface area contributed by atoms with Crippen LogP contribution in [0.2, 0.25) is 10.0 Å². The van der Waals surface area contributed by atoms with Crippen LogP contribution in [0, 0.1) is 0 Å². The van der Waals surface area contributed by atoms with Crippen LogP contribution < -0.4 is 15.0 Å². The van der Waals surface area contributed by atoms with Gasteiger partial charge in [0.15, 0.2) is 0 Å². The van der Waals surface area contributed by atoms with Crippen molar-refractivity contribution in [2.24, 2.45) is 0 Å². The van der Waals surface area contributed by atoms with Gasteiger partial charge in [-0.05, 0) is 30.2 Å². The first-order valence-corrected chi connectivity index (χ1v) is 10.3. The Hall–Kier alpha value is -1.95. The number of hydrogen-bond acceptors (Lipinski definition) is 4. The van der Waals surface area contributed by atoms with Gasteiger partial charge in [0.1, 0.15) is 5.75 Å². The van der Waals surface area contributed by atoms with Crippen molar-refractivity contribution in [3.63, 3.8) is 0 Å². The standard InChI is InChI=1S/C21H23Cl2N3O2/c22-17-3-1-4-19(21(17)23)26-10-8-25(9-11-26)7-2-12-28-16-6-5-15-13-20(27)24-18(15)14-16/h1,3-6,14H,2,7-13H2,(H,24,27). The first kappa shape index (κ1) is 19.4. The summed E-state index contributed by atoms with van der Waals surface area (Å²) < 4.78 is 5.86. The van der Waals surface area contributed by atoms with Crippen LogP contribution in [0.4, 0.5) is 11.4 Å². The van der Waals surface area contributed by atoms with E-state index < -0.39 is 0 Å². The number of carbonyl (C=O) groups excluding carboxylic acids is 1. The Morgan fingerprint density at radius 3 is 2.71 bits per heavy atom. The number of halogens is 2. The smallest absolute Gasteiger partial charge is 0.228 e. The zero-order valence-electron chi connectivity index (χ0n) is 15.6. The molecule has 0 bridgehead atoms. The molecule has 0 saturated carbocycles. The number of benzene rings is 2. The Labute approximate surface area is 175 Å². The molecule has 1 saturated heterocycles. The van der Waals surface area contributed by atoms with Crippen molar-refractivity contribution < 1.29 is 9.53 Å². The molecule has 0 aromatic heterocycles. The molecule has 2 aliphatic rings. The van der Waals surface area contributed by atoms with Crippen molar-refractivity contribution in [3.8, 4) is 5.75 Å². The van der Waals surface area contributed by atoms with E-state index in [0.29, 0.717) is 23.1 Å². The minimum atomic E-state index is 0.0466. The van der Waals surface area contributed by atoms with E-state index in [0.717, 1.165) is 61.8 Å². The second-order valence-corrected chi connectivity index (χ2v) is 7.93. The maximum Gasteiger partial charge on any atom is 0.228 e. The summed E-state index contributed by atoms with van der Waals surface area (Å²) in [6.45, 7) is 5.52. The Bertz CT molecular complexity index is 867. The molecule has 0 unspecified atom stereocenters. The van der Waals surface area contributed by atoms with Gasteiger partial charge in [0.05, 0.1) is 28.8 Å². The quantitative estimate of drug-likeness (QED) is 0.716. The molecule has 1 N–H and O–H groups in total. The van der Waals surface area contributed by atoms with E-state index in [4.69, 9.17) is 27.9 Å². The monoisotopic (exact) mass is 419 g/mol. The van der Waals surface area contributed by atoms with E-state index >= 15 is 0 Å². The van der Waals surface area contributed by atoms with Gasteiger partial charge < -0.3 is 15.0 Å². The number of hydrogen-bond donors (Lipinski definition) is 1. The van der Waals surface area contributed by atoms with E-state index in [1.165, 1.54) is 0 Å². The first-order chi connectivity index (χ1) is 13.6. The maximum absolute atomic E-state index is 11.4. The highest BCUT2D eigenvalue weighted by Crippen LogP contribution is 2.33. The SMILES string of the molecule is O=C1Cc2ccc(OCCCN3CCN(c4cccc(Cl)c4Cl)CC3)cc2N1. The van der Waals surface area contributed by atoms with Crippen LogP contribution in [0.3, 0.4) is 0 Å². The number of fused-ring (bicyclic) bond motifs is 1. The molecule has 28 heavy (non-hydrogen) atoms. The molecule has 0 spiro atoms. The molecular weight excluding hydrogens is 397 g/mol. The largest absolute Gasteiger partial charge is 0.493 e. The van der Waals surface area contributed by atoms with Gasteiger partial charge in [-0.3, -0.25) is 9.69 Å². The highest BCUT2D eigenvalue weighted by Gasteiger charge is 2.20. The van der Waals surface area contributed by atoms with Crippen molar-refractivity contribution >= 4 is 40.5 Å². The number of anilines is 2. The third-order valence-electron chi connectivity index (χ3n) is 5.24. The molecule has 2 aromatic carbocycles. The van der Waals surface area contributed by atoms with Crippen molar-refractivity contribution in [1.82, 2.24) is 4.90 Å². The fourth-order valence-electron chi connectivity index (χ4n) is 3.71. The number of carbonyl (C=O) groups is 1. The molecule has 1 amide bonds. The lowest BCUT2D eigenvalue weighted by Crippen LogP contribution is -2.46. The Morgan fingerprint density at radius 1 is 1.07 bits per heavy atom. The fourth-order valence-corrected chi connectivity index (χ4v) is 4.13. The lowest BCUT2D eigenvalue weighted by molar-refractivity contribution is -0.115. The summed E-state index contributed by atoms with van der Waals surface area (Å²) >= 11 is 12.5. The van der Waals surface area contributed by atoms with Gasteiger partial charge in [-0.2, -0.15) is 0 Å². The summed E-state index contributed by atoms with van der Waals surface area (Å²) in [5.41, 5.74) is 2.93. The van der Waals surface area contributed by atoms with Crippen molar-refractivity contribution in [3.05, 3.63) is 52.0 Å². The molecule has 2 aliphatic heterocycles. The normalized spacial score (nSPS) is 16.8. The average Bonchev–Trinajstić information content (AvgIpc) is 3.07. The fraction of sp³-hybridized carbons (Fsp3) is 0.381. The summed E-state index contributed by atoms with van der Waals surface area (Å²) in [6, 6.07) is 11.6. The first-order valence-electron chi connectivity index (χ1n) is 9.57. The van der Waals surface area contributed by atoms with E-state index in [1.54, 1.807) is 0 Å². The van der Waals surface area contributed by atoms with Crippen molar-refractivity contribution in [2.45, 2.75) is 12.8 Å². The second kappa shape index (κ2) is 8.60. The molecule has 2 aromatic rings. The zero-order chi connectivity index (χ0) is 19.5. The van der Waals surface area contributed by atoms with E-state index in [2.05, 4.69) is 15.1 Å². The molecule has 7 heteroatoms. The lowest BCUT2D eigenvalue weighted by Gasteiger charge is -2.36. The molecule has 0 radical (unpaired) electrons. The number of nitrogens with one attached hydrogen (secondary N) is 1. The topological polar surface area (TPSA) is 44.8 Å². The van der Waals surface area contributed by atoms with Gasteiger partial charge >= 0.3 is 0 Å². The van der Waals surface area contributed by atoms with Crippen LogP contribution in [0.5, 0.6) is 5.75 Å². The molecule has 148 valence electrons. The van der Waals surface area contributed by atoms with E-state index in [-0.39, 0.29) is 5.91 Å². The van der Waals surface area contributed by atoms with E-state index in [9.17, 15) is 4.79 Å². The molecule has 0 aliphatic carbocycles. The summed E-state index contributed by atoms with van der Waals surface area (Å²) in [5, 5.41) is 4.09. The van der Waals surface area contributed by atoms with Crippen LogP contribution in [0.15, 0.2) is 36.4 Å². The highest BCUT2D eigenvalue weighted by atomic mass is 35.5. The zero-order valence-corrected chi connectivity index (χ0v) is 17.1. The van der Waals surface area contributed by atoms with Gasteiger partial charge in [0, 0.05) is 44.5 Å². The number of rotatable bonds is 6. The second-order valence-electron chi connectivity index (χ2n) is 7.15. The third-order valence-corrected chi connectivity index (χ3v) is 6.05. The van der Waals surface area contributed by atoms with Gasteiger partial charge in [0.2, 0.25) is 5.91 Å². The van der Waals surface area contributed by atoms with Gasteiger partial charge in [-0.1, -0.05) is 35.3 Å². The maximum atomic E-state index is 11.4. The van der Waals surface area contributed by atoms with Crippen LogP contribution in [0.25, 0.3) is 0 Å². The minimum absolute atomic E-state index is 0.0466. The third kappa shape index (κ3) is 4.37. The van der Waals surface area contributed by atoms with Crippen LogP contribution in [-0.4, -0.2) is 50.1 Å². The van der Waals surface area contributed by atoms with Gasteiger partial charge in [-0.25, -0.2) is 0 Å².